The number of aromatic amines is 2. The van der Waals surface area contributed by atoms with Crippen molar-refractivity contribution in [3.8, 4) is 11.5 Å². The Bertz CT molecular complexity index is 913. The molecule has 1 aliphatic rings. The van der Waals surface area contributed by atoms with E-state index in [4.69, 9.17) is 4.98 Å². The van der Waals surface area contributed by atoms with Gasteiger partial charge in [0.25, 0.3) is 0 Å². The fourth-order valence-electron chi connectivity index (χ4n) is 3.37. The number of carbonyl (C=O) groups is 1. The molecule has 2 N–H and O–H groups in total. The Kier molecular flexibility index (Phi) is 3.82. The molecule has 0 bridgehead atoms. The quantitative estimate of drug-likeness (QED) is 0.766. The third-order valence-electron chi connectivity index (χ3n) is 4.75. The van der Waals surface area contributed by atoms with Gasteiger partial charge in [-0.2, -0.15) is 5.10 Å². The van der Waals surface area contributed by atoms with Gasteiger partial charge in [-0.05, 0) is 24.0 Å². The zero-order valence-corrected chi connectivity index (χ0v) is 14.9. The van der Waals surface area contributed by atoms with E-state index in [0.717, 1.165) is 40.2 Å². The highest BCUT2D eigenvalue weighted by molar-refractivity contribution is 5.91. The number of fused-ring (bicyclic) bond motifs is 2. The smallest absolute Gasteiger partial charge is 0.223 e. The Hall–Kier alpha value is -2.63. The molecule has 0 unspecified atom stereocenters. The lowest BCUT2D eigenvalue weighted by atomic mass is 10.1. The number of nitrogens with zero attached hydrogens (tertiary/aromatic N) is 3. The molecular weight excluding hydrogens is 314 g/mol. The molecule has 25 heavy (non-hydrogen) atoms. The molecule has 1 amide bonds. The molecule has 6 heteroatoms. The number of carbonyl (C=O) groups excluding carboxylic acids is 1. The van der Waals surface area contributed by atoms with Gasteiger partial charge in [-0.1, -0.05) is 32.9 Å². The zero-order chi connectivity index (χ0) is 17.6. The van der Waals surface area contributed by atoms with E-state index in [1.807, 2.05) is 4.90 Å². The maximum atomic E-state index is 12.2. The van der Waals surface area contributed by atoms with Crippen molar-refractivity contribution < 1.29 is 4.79 Å². The number of H-pyrrole nitrogens is 2. The minimum atomic E-state index is 0.195. The van der Waals surface area contributed by atoms with Crippen LogP contribution in [0.1, 0.15) is 44.1 Å². The molecule has 0 saturated heterocycles. The first-order chi connectivity index (χ1) is 12.0. The number of benzene rings is 1. The molecular formula is C19H23N5O. The first kappa shape index (κ1) is 15.9. The molecule has 1 aromatic carbocycles. The van der Waals surface area contributed by atoms with E-state index < -0.39 is 0 Å². The molecule has 0 fully saturated rings. The second-order valence-electron chi connectivity index (χ2n) is 7.16. The van der Waals surface area contributed by atoms with E-state index in [1.54, 1.807) is 0 Å². The summed E-state index contributed by atoms with van der Waals surface area (Å²) in [5.41, 5.74) is 5.12. The van der Waals surface area contributed by atoms with Crippen LogP contribution >= 0.6 is 0 Å². The standard InChI is InChI=1S/C19H23N5O/c1-4-12-5-6-13-14(8-12)22-23-18(13)19-20-15-9-24(10-16(15)21-19)17(25)7-11(2)3/h5-6,8,11H,4,7,9-10H2,1-3H3,(H,20,21)(H,22,23). The molecule has 4 rings (SSSR count). The van der Waals surface area contributed by atoms with Crippen molar-refractivity contribution in [3.05, 3.63) is 35.2 Å². The van der Waals surface area contributed by atoms with Crippen molar-refractivity contribution in [2.75, 3.05) is 0 Å². The monoisotopic (exact) mass is 337 g/mol. The summed E-state index contributed by atoms with van der Waals surface area (Å²) < 4.78 is 0. The van der Waals surface area contributed by atoms with Crippen LogP contribution in [0.25, 0.3) is 22.4 Å². The predicted molar refractivity (Wildman–Crippen MR) is 96.8 cm³/mol. The molecule has 0 atom stereocenters. The van der Waals surface area contributed by atoms with E-state index in [0.29, 0.717) is 25.4 Å². The molecule has 130 valence electrons. The second kappa shape index (κ2) is 6.02. The summed E-state index contributed by atoms with van der Waals surface area (Å²) >= 11 is 0. The largest absolute Gasteiger partial charge is 0.339 e. The number of hydrogen-bond donors (Lipinski definition) is 2. The molecule has 6 nitrogen and oxygen atoms in total. The molecule has 0 aliphatic carbocycles. The van der Waals surface area contributed by atoms with Crippen molar-refractivity contribution >= 4 is 16.8 Å². The molecule has 0 saturated carbocycles. The number of hydrogen-bond acceptors (Lipinski definition) is 3. The van der Waals surface area contributed by atoms with E-state index in [9.17, 15) is 4.79 Å². The summed E-state index contributed by atoms with van der Waals surface area (Å²) in [7, 11) is 0. The first-order valence-corrected chi connectivity index (χ1v) is 8.88. The highest BCUT2D eigenvalue weighted by Crippen LogP contribution is 2.29. The summed E-state index contributed by atoms with van der Waals surface area (Å²) in [5.74, 6) is 1.34. The minimum absolute atomic E-state index is 0.195. The number of aromatic nitrogens is 4. The summed E-state index contributed by atoms with van der Waals surface area (Å²) in [5, 5.41) is 8.62. The van der Waals surface area contributed by atoms with Crippen LogP contribution in [0.15, 0.2) is 18.2 Å². The van der Waals surface area contributed by atoms with Gasteiger partial charge in [-0.15, -0.1) is 0 Å². The fourth-order valence-corrected chi connectivity index (χ4v) is 3.37. The van der Waals surface area contributed by atoms with Crippen LogP contribution in [0.4, 0.5) is 0 Å². The third-order valence-corrected chi connectivity index (χ3v) is 4.75. The van der Waals surface area contributed by atoms with Crippen molar-refractivity contribution in [1.29, 1.82) is 0 Å². The van der Waals surface area contributed by atoms with Crippen LogP contribution < -0.4 is 0 Å². The Morgan fingerprint density at radius 3 is 2.88 bits per heavy atom. The Morgan fingerprint density at radius 1 is 1.32 bits per heavy atom. The average molecular weight is 337 g/mol. The highest BCUT2D eigenvalue weighted by Gasteiger charge is 2.28. The van der Waals surface area contributed by atoms with Gasteiger partial charge >= 0.3 is 0 Å². The summed E-state index contributed by atoms with van der Waals surface area (Å²) in [6, 6.07) is 6.36. The Morgan fingerprint density at radius 2 is 2.16 bits per heavy atom. The Balaban J connectivity index is 1.59. The SMILES string of the molecule is CCc1ccc2c(-c3nc4c([nH]3)CN(C(=O)CC(C)C)C4)n[nH]c2c1. The predicted octanol–water partition coefficient (Wildman–Crippen LogP) is 3.40. The highest BCUT2D eigenvalue weighted by atomic mass is 16.2. The van der Waals surface area contributed by atoms with Gasteiger partial charge in [0.05, 0.1) is 30.0 Å². The van der Waals surface area contributed by atoms with Gasteiger partial charge in [0.15, 0.2) is 5.82 Å². The van der Waals surface area contributed by atoms with E-state index >= 15 is 0 Å². The topological polar surface area (TPSA) is 77.7 Å². The first-order valence-electron chi connectivity index (χ1n) is 8.88. The summed E-state index contributed by atoms with van der Waals surface area (Å²) in [4.78, 5) is 22.2. The molecule has 0 radical (unpaired) electrons. The van der Waals surface area contributed by atoms with E-state index in [-0.39, 0.29) is 5.91 Å². The minimum Gasteiger partial charge on any atom is -0.339 e. The molecule has 1 aliphatic heterocycles. The molecule has 3 heterocycles. The lowest BCUT2D eigenvalue weighted by Crippen LogP contribution is -2.26. The van der Waals surface area contributed by atoms with Crippen LogP contribution in [0.5, 0.6) is 0 Å². The normalized spacial score (nSPS) is 13.8. The number of rotatable bonds is 4. The Labute approximate surface area is 146 Å². The van der Waals surface area contributed by atoms with Crippen molar-refractivity contribution in [2.24, 2.45) is 5.92 Å². The maximum Gasteiger partial charge on any atom is 0.223 e. The second-order valence-corrected chi connectivity index (χ2v) is 7.16. The zero-order valence-electron chi connectivity index (χ0n) is 14.9. The van der Waals surface area contributed by atoms with Gasteiger partial charge in [0.2, 0.25) is 5.91 Å². The van der Waals surface area contributed by atoms with Gasteiger partial charge in [-0.25, -0.2) is 4.98 Å². The van der Waals surface area contributed by atoms with Crippen molar-refractivity contribution in [2.45, 2.75) is 46.7 Å². The third kappa shape index (κ3) is 2.81. The number of aryl methyl sites for hydroxylation is 1. The number of amides is 1. The average Bonchev–Trinajstić information content (AvgIpc) is 3.25. The van der Waals surface area contributed by atoms with Gasteiger partial charge in [-0.3, -0.25) is 9.89 Å². The van der Waals surface area contributed by atoms with E-state index in [2.05, 4.69) is 54.2 Å². The lowest BCUT2D eigenvalue weighted by Gasteiger charge is -2.16. The van der Waals surface area contributed by atoms with Gasteiger partial charge in [0, 0.05) is 11.8 Å². The van der Waals surface area contributed by atoms with Crippen LogP contribution in [-0.2, 0) is 24.3 Å². The number of nitrogens with one attached hydrogen (secondary N) is 2. The summed E-state index contributed by atoms with van der Waals surface area (Å²) in [6.45, 7) is 7.46. The lowest BCUT2D eigenvalue weighted by molar-refractivity contribution is -0.132. The number of imidazole rings is 1. The summed E-state index contributed by atoms with van der Waals surface area (Å²) in [6.07, 6.45) is 1.58. The van der Waals surface area contributed by atoms with Crippen LogP contribution in [0, 0.1) is 5.92 Å². The fraction of sp³-hybridized carbons (Fsp3) is 0.421. The molecule has 3 aromatic rings. The van der Waals surface area contributed by atoms with Crippen molar-refractivity contribution in [3.63, 3.8) is 0 Å². The maximum absolute atomic E-state index is 12.2. The van der Waals surface area contributed by atoms with Crippen LogP contribution in [0.2, 0.25) is 0 Å². The van der Waals surface area contributed by atoms with Crippen molar-refractivity contribution in [1.82, 2.24) is 25.1 Å². The van der Waals surface area contributed by atoms with Gasteiger partial charge < -0.3 is 9.88 Å². The van der Waals surface area contributed by atoms with E-state index in [1.165, 1.54) is 5.56 Å². The van der Waals surface area contributed by atoms with Gasteiger partial charge in [0.1, 0.15) is 5.69 Å². The molecule has 2 aromatic heterocycles. The molecule has 0 spiro atoms. The van der Waals surface area contributed by atoms with Crippen LogP contribution in [0.3, 0.4) is 0 Å². The van der Waals surface area contributed by atoms with Crippen LogP contribution in [-0.4, -0.2) is 31.0 Å².